The van der Waals surface area contributed by atoms with Crippen LogP contribution in [0.4, 0.5) is 11.4 Å². The standard InChI is InChI=1S/C36H49N3O4S/c1-36(2)25-34(40)39(26-43-35(41)27-10-5-3-4-6-11-27)32-24-28(14-15-30(32)36)42-22-8-7-17-37-18-20-38(21-19-37)31-12-9-13-33-29(31)16-23-44-33/h9,12-16,23-24,27,35,41H,3-8,10-11,17-22,25-26H2,1-2H3. The number of carbonyl (C=O) groups is 1. The molecule has 1 aromatic heterocycles. The number of carbonyl (C=O) groups excluding carboxylic acids is 1. The number of aliphatic hydroxyl groups excluding tert-OH is 1. The molecule has 2 aliphatic heterocycles. The number of ether oxygens (including phenoxy) is 2. The molecule has 3 heterocycles. The van der Waals surface area contributed by atoms with E-state index >= 15 is 0 Å². The number of rotatable bonds is 11. The summed E-state index contributed by atoms with van der Waals surface area (Å²) in [6.07, 6.45) is 8.35. The SMILES string of the molecule is CC1(C)CC(=O)N(COC(O)C2CCCCCC2)c2cc(OCCCCN3CCN(c4cccc5sccc45)CC3)ccc21. The van der Waals surface area contributed by atoms with E-state index in [1.54, 1.807) is 4.90 Å². The Morgan fingerprint density at radius 2 is 1.77 bits per heavy atom. The molecule has 2 fully saturated rings. The van der Waals surface area contributed by atoms with Crippen LogP contribution in [-0.2, 0) is 14.9 Å². The number of thiophene rings is 1. The van der Waals surface area contributed by atoms with Gasteiger partial charge in [0, 0.05) is 65.8 Å². The molecule has 3 aromatic rings. The quantitative estimate of drug-likeness (QED) is 0.140. The largest absolute Gasteiger partial charge is 0.494 e. The third-order valence-corrected chi connectivity index (χ3v) is 10.8. The second-order valence-corrected chi connectivity index (χ2v) is 14.4. The lowest BCUT2D eigenvalue weighted by Gasteiger charge is -2.39. The normalized spacial score (nSPS) is 20.5. The molecule has 1 atom stereocenters. The van der Waals surface area contributed by atoms with Gasteiger partial charge in [0.15, 0.2) is 6.29 Å². The highest BCUT2D eigenvalue weighted by Crippen LogP contribution is 2.42. The van der Waals surface area contributed by atoms with Crippen LogP contribution in [0.5, 0.6) is 5.75 Å². The van der Waals surface area contributed by atoms with Gasteiger partial charge in [0.1, 0.15) is 12.5 Å². The number of amides is 1. The Balaban J connectivity index is 0.979. The molecule has 1 unspecified atom stereocenters. The van der Waals surface area contributed by atoms with Crippen LogP contribution in [0.3, 0.4) is 0 Å². The summed E-state index contributed by atoms with van der Waals surface area (Å²) in [5.74, 6) is 0.951. The van der Waals surface area contributed by atoms with E-state index in [0.717, 1.165) is 88.2 Å². The first-order chi connectivity index (χ1) is 21.4. The third-order valence-electron chi connectivity index (χ3n) is 9.88. The van der Waals surface area contributed by atoms with Crippen molar-refractivity contribution in [3.05, 3.63) is 53.4 Å². The maximum atomic E-state index is 13.2. The Kier molecular flexibility index (Phi) is 10.1. The number of fused-ring (bicyclic) bond motifs is 2. The Hall–Kier alpha value is -2.65. The number of hydrogen-bond donors (Lipinski definition) is 1. The molecule has 0 bridgehead atoms. The van der Waals surface area contributed by atoms with Crippen LogP contribution in [0.2, 0.25) is 0 Å². The number of nitrogens with zero attached hydrogens (tertiary/aromatic N) is 3. The average Bonchev–Trinajstić information content (AvgIpc) is 3.34. The monoisotopic (exact) mass is 619 g/mol. The number of benzene rings is 2. The molecule has 2 aromatic carbocycles. The van der Waals surface area contributed by atoms with E-state index in [-0.39, 0.29) is 24.0 Å². The summed E-state index contributed by atoms with van der Waals surface area (Å²) in [5, 5.41) is 14.3. The Labute approximate surface area is 266 Å². The Bertz CT molecular complexity index is 1390. The van der Waals surface area contributed by atoms with Crippen molar-refractivity contribution in [2.24, 2.45) is 5.92 Å². The van der Waals surface area contributed by atoms with Crippen molar-refractivity contribution in [3.8, 4) is 5.75 Å². The van der Waals surface area contributed by atoms with Crippen LogP contribution in [0.25, 0.3) is 10.1 Å². The zero-order valence-electron chi connectivity index (χ0n) is 26.5. The van der Waals surface area contributed by atoms with E-state index in [9.17, 15) is 9.90 Å². The maximum Gasteiger partial charge on any atom is 0.229 e. The van der Waals surface area contributed by atoms with Crippen molar-refractivity contribution >= 4 is 38.7 Å². The zero-order chi connectivity index (χ0) is 30.5. The van der Waals surface area contributed by atoms with Gasteiger partial charge in [-0.05, 0) is 67.4 Å². The van der Waals surface area contributed by atoms with Gasteiger partial charge < -0.3 is 19.5 Å². The average molecular weight is 620 g/mol. The summed E-state index contributed by atoms with van der Waals surface area (Å²) in [7, 11) is 0. The van der Waals surface area contributed by atoms with Crippen molar-refractivity contribution in [3.63, 3.8) is 0 Å². The van der Waals surface area contributed by atoms with Gasteiger partial charge in [-0.1, -0.05) is 51.7 Å². The first-order valence-corrected chi connectivity index (χ1v) is 17.6. The van der Waals surface area contributed by atoms with E-state index in [4.69, 9.17) is 9.47 Å². The van der Waals surface area contributed by atoms with Crippen molar-refractivity contribution in [1.29, 1.82) is 0 Å². The van der Waals surface area contributed by atoms with Gasteiger partial charge in [0.2, 0.25) is 5.91 Å². The third kappa shape index (κ3) is 7.25. The number of anilines is 2. The minimum absolute atomic E-state index is 0.0276. The molecule has 3 aliphatic rings. The molecule has 238 valence electrons. The molecule has 1 aliphatic carbocycles. The predicted octanol–water partition coefficient (Wildman–Crippen LogP) is 7.16. The summed E-state index contributed by atoms with van der Waals surface area (Å²) in [6.45, 7) is 10.3. The van der Waals surface area contributed by atoms with Gasteiger partial charge in [-0.25, -0.2) is 0 Å². The number of unbranched alkanes of at least 4 members (excludes halogenated alkanes) is 1. The van der Waals surface area contributed by atoms with Crippen LogP contribution in [0, 0.1) is 5.92 Å². The molecule has 1 saturated heterocycles. The molecule has 44 heavy (non-hydrogen) atoms. The van der Waals surface area contributed by atoms with Crippen molar-refractivity contribution < 1.29 is 19.4 Å². The van der Waals surface area contributed by atoms with E-state index in [1.807, 2.05) is 23.5 Å². The minimum atomic E-state index is -0.836. The first kappa shape index (κ1) is 31.3. The number of aliphatic hydroxyl groups is 1. The minimum Gasteiger partial charge on any atom is -0.494 e. The fraction of sp³-hybridized carbons (Fsp3) is 0.583. The molecular weight excluding hydrogens is 570 g/mol. The lowest BCUT2D eigenvalue weighted by Crippen LogP contribution is -2.46. The molecule has 6 rings (SSSR count). The topological polar surface area (TPSA) is 65.5 Å². The van der Waals surface area contributed by atoms with Crippen molar-refractivity contribution in [2.75, 3.05) is 55.9 Å². The second kappa shape index (κ2) is 14.2. The van der Waals surface area contributed by atoms with Crippen molar-refractivity contribution in [1.82, 2.24) is 4.90 Å². The van der Waals surface area contributed by atoms with Gasteiger partial charge in [-0.3, -0.25) is 14.6 Å². The molecular formula is C36H49N3O4S. The van der Waals surface area contributed by atoms with E-state index in [0.29, 0.717) is 13.0 Å². The molecule has 1 saturated carbocycles. The highest BCUT2D eigenvalue weighted by Gasteiger charge is 2.37. The summed E-state index contributed by atoms with van der Waals surface area (Å²) >= 11 is 1.81. The van der Waals surface area contributed by atoms with Gasteiger partial charge in [0.05, 0.1) is 12.3 Å². The first-order valence-electron chi connectivity index (χ1n) is 16.7. The van der Waals surface area contributed by atoms with Crippen LogP contribution in [-0.4, -0.2) is 68.3 Å². The summed E-state index contributed by atoms with van der Waals surface area (Å²) in [6, 6.07) is 15.0. The predicted molar refractivity (Wildman–Crippen MR) is 180 cm³/mol. The van der Waals surface area contributed by atoms with E-state index in [2.05, 4.69) is 59.4 Å². The molecule has 8 heteroatoms. The lowest BCUT2D eigenvalue weighted by atomic mass is 9.77. The van der Waals surface area contributed by atoms with Crippen molar-refractivity contribution in [2.45, 2.75) is 83.3 Å². The lowest BCUT2D eigenvalue weighted by molar-refractivity contribution is -0.142. The van der Waals surface area contributed by atoms with E-state index in [1.165, 1.54) is 28.6 Å². The number of piperazine rings is 1. The molecule has 1 amide bonds. The molecule has 1 N–H and O–H groups in total. The summed E-state index contributed by atoms with van der Waals surface area (Å²) in [4.78, 5) is 20.0. The van der Waals surface area contributed by atoms with Crippen LogP contribution in [0.15, 0.2) is 47.8 Å². The highest BCUT2D eigenvalue weighted by molar-refractivity contribution is 7.17. The fourth-order valence-corrected chi connectivity index (χ4v) is 8.03. The van der Waals surface area contributed by atoms with Gasteiger partial charge >= 0.3 is 0 Å². The highest BCUT2D eigenvalue weighted by atomic mass is 32.1. The summed E-state index contributed by atoms with van der Waals surface area (Å²) < 4.78 is 13.5. The van der Waals surface area contributed by atoms with Gasteiger partial charge in [-0.2, -0.15) is 0 Å². The number of hydrogen-bond acceptors (Lipinski definition) is 7. The fourth-order valence-electron chi connectivity index (χ4n) is 7.22. The molecule has 7 nitrogen and oxygen atoms in total. The second-order valence-electron chi connectivity index (χ2n) is 13.5. The smallest absolute Gasteiger partial charge is 0.229 e. The van der Waals surface area contributed by atoms with Gasteiger partial charge in [0.25, 0.3) is 0 Å². The van der Waals surface area contributed by atoms with Crippen LogP contribution in [0.1, 0.15) is 77.2 Å². The Morgan fingerprint density at radius 1 is 0.977 bits per heavy atom. The Morgan fingerprint density at radius 3 is 2.57 bits per heavy atom. The maximum absolute atomic E-state index is 13.2. The molecule has 0 radical (unpaired) electrons. The van der Waals surface area contributed by atoms with Crippen LogP contribution < -0.4 is 14.5 Å². The van der Waals surface area contributed by atoms with Crippen LogP contribution >= 0.6 is 11.3 Å². The van der Waals surface area contributed by atoms with Gasteiger partial charge in [-0.15, -0.1) is 11.3 Å². The zero-order valence-corrected chi connectivity index (χ0v) is 27.3. The van der Waals surface area contributed by atoms with E-state index < -0.39 is 6.29 Å². The molecule has 0 spiro atoms. The summed E-state index contributed by atoms with van der Waals surface area (Å²) in [5.41, 5.74) is 3.06.